The minimum Gasteiger partial charge on any atom is -0.497 e. The summed E-state index contributed by atoms with van der Waals surface area (Å²) < 4.78 is 43.5. The van der Waals surface area contributed by atoms with Crippen LogP contribution in [0.5, 0.6) is 5.75 Å². The van der Waals surface area contributed by atoms with E-state index in [4.69, 9.17) is 4.74 Å². The summed E-state index contributed by atoms with van der Waals surface area (Å²) in [6.45, 7) is 0. The fourth-order valence-electron chi connectivity index (χ4n) is 1.81. The zero-order valence-corrected chi connectivity index (χ0v) is 12.5. The number of alkyl halides is 3. The summed E-state index contributed by atoms with van der Waals surface area (Å²) in [5, 5.41) is 0. The zero-order chi connectivity index (χ0) is 15.6. The van der Waals surface area contributed by atoms with E-state index in [9.17, 15) is 18.0 Å². The molecule has 2 aromatic rings. The van der Waals surface area contributed by atoms with Gasteiger partial charge < -0.3 is 4.74 Å². The molecule has 0 aliphatic carbocycles. The molecule has 0 aromatic heterocycles. The van der Waals surface area contributed by atoms with Crippen molar-refractivity contribution in [2.75, 3.05) is 7.11 Å². The Kier molecular flexibility index (Phi) is 4.37. The van der Waals surface area contributed by atoms with Crippen LogP contribution in [0.3, 0.4) is 0 Å². The molecule has 0 aliphatic heterocycles. The molecule has 0 unspecified atom stereocenters. The van der Waals surface area contributed by atoms with E-state index in [0.29, 0.717) is 5.75 Å². The lowest BCUT2D eigenvalue weighted by Gasteiger charge is -2.11. The van der Waals surface area contributed by atoms with Crippen LogP contribution in [0, 0.1) is 0 Å². The van der Waals surface area contributed by atoms with Crippen molar-refractivity contribution in [1.82, 2.24) is 0 Å². The number of ether oxygens (including phenoxy) is 1. The van der Waals surface area contributed by atoms with Crippen molar-refractivity contribution < 1.29 is 22.7 Å². The topological polar surface area (TPSA) is 26.3 Å². The maximum absolute atomic E-state index is 12.9. The second kappa shape index (κ2) is 5.89. The zero-order valence-electron chi connectivity index (χ0n) is 10.9. The van der Waals surface area contributed by atoms with E-state index >= 15 is 0 Å². The second-order valence-electron chi connectivity index (χ2n) is 4.25. The largest absolute Gasteiger partial charge is 0.497 e. The molecule has 0 saturated carbocycles. The average molecular weight is 359 g/mol. The predicted octanol–water partition coefficient (Wildman–Crippen LogP) is 4.71. The first kappa shape index (κ1) is 15.6. The third-order valence-corrected chi connectivity index (χ3v) is 3.56. The van der Waals surface area contributed by atoms with Crippen LogP contribution >= 0.6 is 15.9 Å². The summed E-state index contributed by atoms with van der Waals surface area (Å²) in [5.41, 5.74) is -0.639. The summed E-state index contributed by atoms with van der Waals surface area (Å²) in [7, 11) is 1.45. The molecule has 0 spiro atoms. The van der Waals surface area contributed by atoms with Gasteiger partial charge in [-0.2, -0.15) is 13.2 Å². The van der Waals surface area contributed by atoms with Gasteiger partial charge in [0.2, 0.25) is 0 Å². The Morgan fingerprint density at radius 3 is 2.38 bits per heavy atom. The quantitative estimate of drug-likeness (QED) is 0.743. The summed E-state index contributed by atoms with van der Waals surface area (Å²) in [4.78, 5) is 12.3. The van der Waals surface area contributed by atoms with Crippen molar-refractivity contribution in [2.24, 2.45) is 0 Å². The molecule has 110 valence electrons. The van der Waals surface area contributed by atoms with Crippen molar-refractivity contribution in [1.29, 1.82) is 0 Å². The lowest BCUT2D eigenvalue weighted by atomic mass is 10.0. The monoisotopic (exact) mass is 358 g/mol. The number of hydrogen-bond donors (Lipinski definition) is 0. The van der Waals surface area contributed by atoms with Gasteiger partial charge in [-0.25, -0.2) is 0 Å². The van der Waals surface area contributed by atoms with Crippen molar-refractivity contribution in [3.8, 4) is 5.75 Å². The van der Waals surface area contributed by atoms with Gasteiger partial charge in [0.05, 0.1) is 12.7 Å². The summed E-state index contributed by atoms with van der Waals surface area (Å²) in [6.07, 6.45) is -4.52. The number of halogens is 4. The Hall–Kier alpha value is -1.82. The molecular formula is C15H10BrF3O2. The molecule has 0 saturated heterocycles. The van der Waals surface area contributed by atoms with E-state index in [1.165, 1.54) is 31.4 Å². The van der Waals surface area contributed by atoms with Gasteiger partial charge in [-0.05, 0) is 30.3 Å². The first-order chi connectivity index (χ1) is 9.82. The fraction of sp³-hybridized carbons (Fsp3) is 0.133. The number of benzene rings is 2. The Balaban J connectivity index is 2.44. The minimum absolute atomic E-state index is 0.0289. The van der Waals surface area contributed by atoms with Crippen LogP contribution in [0.1, 0.15) is 21.5 Å². The van der Waals surface area contributed by atoms with Gasteiger partial charge in [0.15, 0.2) is 5.78 Å². The molecule has 0 radical (unpaired) electrons. The number of ketones is 1. The van der Waals surface area contributed by atoms with Crippen LogP contribution in [0.2, 0.25) is 0 Å². The fourth-order valence-corrected chi connectivity index (χ4v) is 2.29. The Labute approximate surface area is 127 Å². The maximum Gasteiger partial charge on any atom is 0.417 e. The molecule has 0 fully saturated rings. The van der Waals surface area contributed by atoms with Gasteiger partial charge in [0.25, 0.3) is 0 Å². The maximum atomic E-state index is 12.9. The normalized spacial score (nSPS) is 11.3. The molecule has 0 heterocycles. The standard InChI is InChI=1S/C15H10BrF3O2/c1-21-11-4-2-3-9(7-11)14(20)10-5-6-13(16)12(8-10)15(17,18)19/h2-8H,1H3. The third-order valence-electron chi connectivity index (χ3n) is 2.87. The Morgan fingerprint density at radius 1 is 1.10 bits per heavy atom. The number of hydrogen-bond acceptors (Lipinski definition) is 2. The van der Waals surface area contributed by atoms with Crippen LogP contribution < -0.4 is 4.74 Å². The summed E-state index contributed by atoms with van der Waals surface area (Å²) >= 11 is 2.84. The molecule has 0 amide bonds. The number of carbonyl (C=O) groups excluding carboxylic acids is 1. The molecule has 2 aromatic carbocycles. The van der Waals surface area contributed by atoms with Crippen molar-refractivity contribution in [2.45, 2.75) is 6.18 Å². The van der Waals surface area contributed by atoms with Gasteiger partial charge in [-0.3, -0.25) is 4.79 Å². The van der Waals surface area contributed by atoms with Crippen LogP contribution in [0.15, 0.2) is 46.9 Å². The highest BCUT2D eigenvalue weighted by atomic mass is 79.9. The number of rotatable bonds is 3. The lowest BCUT2D eigenvalue weighted by molar-refractivity contribution is -0.138. The van der Waals surface area contributed by atoms with E-state index in [2.05, 4.69) is 15.9 Å². The van der Waals surface area contributed by atoms with Crippen LogP contribution in [0.4, 0.5) is 13.2 Å². The average Bonchev–Trinajstić information content (AvgIpc) is 2.46. The van der Waals surface area contributed by atoms with Gasteiger partial charge >= 0.3 is 6.18 Å². The molecule has 2 nitrogen and oxygen atoms in total. The van der Waals surface area contributed by atoms with E-state index < -0.39 is 17.5 Å². The van der Waals surface area contributed by atoms with Crippen molar-refractivity contribution in [3.05, 3.63) is 63.6 Å². The lowest BCUT2D eigenvalue weighted by Crippen LogP contribution is -2.09. The number of carbonyl (C=O) groups is 1. The van der Waals surface area contributed by atoms with E-state index in [0.717, 1.165) is 6.07 Å². The van der Waals surface area contributed by atoms with Gasteiger partial charge in [0, 0.05) is 15.6 Å². The first-order valence-corrected chi connectivity index (χ1v) is 6.67. The number of methoxy groups -OCH3 is 1. The van der Waals surface area contributed by atoms with Crippen LogP contribution in [0.25, 0.3) is 0 Å². The van der Waals surface area contributed by atoms with E-state index in [1.54, 1.807) is 12.1 Å². The van der Waals surface area contributed by atoms with Gasteiger partial charge in [-0.15, -0.1) is 0 Å². The van der Waals surface area contributed by atoms with Gasteiger partial charge in [-0.1, -0.05) is 28.1 Å². The Morgan fingerprint density at radius 2 is 1.76 bits per heavy atom. The van der Waals surface area contributed by atoms with E-state index in [1.807, 2.05) is 0 Å². The summed E-state index contributed by atoms with van der Waals surface area (Å²) in [5.74, 6) is -0.0269. The predicted molar refractivity (Wildman–Crippen MR) is 75.6 cm³/mol. The molecule has 0 aliphatic rings. The van der Waals surface area contributed by atoms with Crippen molar-refractivity contribution >= 4 is 21.7 Å². The smallest absolute Gasteiger partial charge is 0.417 e. The minimum atomic E-state index is -4.52. The molecule has 0 bridgehead atoms. The molecule has 6 heteroatoms. The summed E-state index contributed by atoms with van der Waals surface area (Å²) in [6, 6.07) is 9.68. The van der Waals surface area contributed by atoms with Crippen LogP contribution in [-0.2, 0) is 6.18 Å². The van der Waals surface area contributed by atoms with Gasteiger partial charge in [0.1, 0.15) is 5.75 Å². The molecule has 0 atom stereocenters. The SMILES string of the molecule is COc1cccc(C(=O)c2ccc(Br)c(C(F)(F)F)c2)c1. The molecule has 2 rings (SSSR count). The highest BCUT2D eigenvalue weighted by molar-refractivity contribution is 9.10. The third kappa shape index (κ3) is 3.44. The first-order valence-electron chi connectivity index (χ1n) is 5.88. The van der Waals surface area contributed by atoms with Crippen LogP contribution in [-0.4, -0.2) is 12.9 Å². The molecular weight excluding hydrogens is 349 g/mol. The Bertz CT molecular complexity index is 681. The highest BCUT2D eigenvalue weighted by Crippen LogP contribution is 2.35. The second-order valence-corrected chi connectivity index (χ2v) is 5.11. The highest BCUT2D eigenvalue weighted by Gasteiger charge is 2.33. The van der Waals surface area contributed by atoms with E-state index in [-0.39, 0.29) is 15.6 Å². The molecule has 21 heavy (non-hydrogen) atoms. The molecule has 0 N–H and O–H groups in total. The van der Waals surface area contributed by atoms with Crippen molar-refractivity contribution in [3.63, 3.8) is 0 Å².